The standard InChI is InChI=1S/C13H16N2O6/c1-13(2,12(17)18)14(3)11(16)8-6-5-7-9(15(19)20)10(8)21-4/h5-7H,1-4H3,(H,17,18). The van der Waals surface area contributed by atoms with Gasteiger partial charge in [-0.05, 0) is 19.9 Å². The lowest BCUT2D eigenvalue weighted by atomic mass is 10.0. The first kappa shape index (κ1) is 16.4. The van der Waals surface area contributed by atoms with Crippen molar-refractivity contribution < 1.29 is 24.4 Å². The van der Waals surface area contributed by atoms with E-state index < -0.39 is 22.3 Å². The van der Waals surface area contributed by atoms with Gasteiger partial charge in [0.1, 0.15) is 5.54 Å². The van der Waals surface area contributed by atoms with Crippen LogP contribution in [-0.4, -0.2) is 46.5 Å². The molecule has 0 heterocycles. The van der Waals surface area contributed by atoms with E-state index in [9.17, 15) is 19.7 Å². The molecular weight excluding hydrogens is 280 g/mol. The number of carboxylic acid groups (broad SMARTS) is 1. The molecule has 0 unspecified atom stereocenters. The first-order valence-electron chi connectivity index (χ1n) is 5.97. The number of nitrogens with zero attached hydrogens (tertiary/aromatic N) is 2. The Morgan fingerprint density at radius 2 is 1.95 bits per heavy atom. The van der Waals surface area contributed by atoms with Gasteiger partial charge in [0.15, 0.2) is 0 Å². The summed E-state index contributed by atoms with van der Waals surface area (Å²) in [5.41, 5.74) is -1.89. The minimum atomic E-state index is -1.47. The molecule has 1 amide bonds. The topological polar surface area (TPSA) is 110 Å². The van der Waals surface area contributed by atoms with Gasteiger partial charge in [0.25, 0.3) is 5.91 Å². The monoisotopic (exact) mass is 296 g/mol. The van der Waals surface area contributed by atoms with Crippen molar-refractivity contribution in [1.29, 1.82) is 0 Å². The van der Waals surface area contributed by atoms with E-state index >= 15 is 0 Å². The summed E-state index contributed by atoms with van der Waals surface area (Å²) in [5.74, 6) is -2.06. The van der Waals surface area contributed by atoms with Gasteiger partial charge in [-0.2, -0.15) is 0 Å². The highest BCUT2D eigenvalue weighted by Gasteiger charge is 2.37. The maximum atomic E-state index is 12.4. The van der Waals surface area contributed by atoms with E-state index in [1.807, 2.05) is 0 Å². The molecule has 0 aliphatic carbocycles. The van der Waals surface area contributed by atoms with Crippen LogP contribution in [0.3, 0.4) is 0 Å². The van der Waals surface area contributed by atoms with Crippen LogP contribution in [0.1, 0.15) is 24.2 Å². The molecule has 8 heteroatoms. The summed E-state index contributed by atoms with van der Waals surface area (Å²) in [6.07, 6.45) is 0. The van der Waals surface area contributed by atoms with Crippen LogP contribution in [0.4, 0.5) is 5.69 Å². The summed E-state index contributed by atoms with van der Waals surface area (Å²) >= 11 is 0. The van der Waals surface area contributed by atoms with Crippen LogP contribution < -0.4 is 4.74 Å². The predicted molar refractivity (Wildman–Crippen MR) is 73.5 cm³/mol. The number of carbonyl (C=O) groups is 2. The van der Waals surface area contributed by atoms with Gasteiger partial charge in [0.2, 0.25) is 5.75 Å². The molecule has 1 N–H and O–H groups in total. The summed E-state index contributed by atoms with van der Waals surface area (Å²) in [6.45, 7) is 2.72. The first-order valence-corrected chi connectivity index (χ1v) is 5.97. The highest BCUT2D eigenvalue weighted by Crippen LogP contribution is 2.32. The second kappa shape index (κ2) is 5.78. The summed E-state index contributed by atoms with van der Waals surface area (Å²) in [6, 6.07) is 3.90. The van der Waals surface area contributed by atoms with Crippen molar-refractivity contribution in [2.24, 2.45) is 0 Å². The second-order valence-electron chi connectivity index (χ2n) is 4.84. The summed E-state index contributed by atoms with van der Waals surface area (Å²) in [5, 5.41) is 20.1. The van der Waals surface area contributed by atoms with Gasteiger partial charge in [-0.25, -0.2) is 4.79 Å². The van der Waals surface area contributed by atoms with Gasteiger partial charge in [-0.1, -0.05) is 6.07 Å². The van der Waals surface area contributed by atoms with Crippen molar-refractivity contribution in [2.75, 3.05) is 14.2 Å². The number of methoxy groups -OCH3 is 1. The summed E-state index contributed by atoms with van der Waals surface area (Å²) < 4.78 is 4.95. The fourth-order valence-electron chi connectivity index (χ4n) is 1.63. The number of hydrogen-bond donors (Lipinski definition) is 1. The third-order valence-corrected chi connectivity index (χ3v) is 3.29. The zero-order chi connectivity index (χ0) is 16.4. The molecule has 1 aromatic rings. The van der Waals surface area contributed by atoms with Gasteiger partial charge in [0, 0.05) is 13.1 Å². The van der Waals surface area contributed by atoms with Gasteiger partial charge < -0.3 is 14.7 Å². The van der Waals surface area contributed by atoms with E-state index in [0.29, 0.717) is 0 Å². The van der Waals surface area contributed by atoms with E-state index in [1.165, 1.54) is 46.2 Å². The molecule has 0 fully saturated rings. The Labute approximate surface area is 121 Å². The SMILES string of the molecule is COc1c(C(=O)N(C)C(C)(C)C(=O)O)cccc1[N+](=O)[O-]. The molecule has 0 radical (unpaired) electrons. The lowest BCUT2D eigenvalue weighted by Crippen LogP contribution is -2.50. The number of amides is 1. The van der Waals surface area contributed by atoms with E-state index in [0.717, 1.165) is 4.90 Å². The quantitative estimate of drug-likeness (QED) is 0.651. The fourth-order valence-corrected chi connectivity index (χ4v) is 1.63. The average Bonchev–Trinajstić information content (AvgIpc) is 2.44. The molecule has 0 aliphatic rings. The molecular formula is C13H16N2O6. The van der Waals surface area contributed by atoms with Crippen molar-refractivity contribution in [3.8, 4) is 5.75 Å². The number of likely N-dealkylation sites (N-methyl/N-ethyl adjacent to an activating group) is 1. The molecule has 0 saturated heterocycles. The van der Waals surface area contributed by atoms with Crippen LogP contribution in [-0.2, 0) is 4.79 Å². The Bertz CT molecular complexity index is 596. The summed E-state index contributed by atoms with van der Waals surface area (Å²) in [4.78, 5) is 34.9. The Balaban J connectivity index is 3.35. The third kappa shape index (κ3) is 2.93. The fraction of sp³-hybridized carbons (Fsp3) is 0.385. The molecule has 0 aliphatic heterocycles. The molecule has 21 heavy (non-hydrogen) atoms. The van der Waals surface area contributed by atoms with Crippen molar-refractivity contribution in [3.05, 3.63) is 33.9 Å². The van der Waals surface area contributed by atoms with Gasteiger partial charge in [0.05, 0.1) is 17.6 Å². The Hall–Kier alpha value is -2.64. The molecule has 1 aromatic carbocycles. The van der Waals surface area contributed by atoms with Gasteiger partial charge >= 0.3 is 11.7 Å². The minimum Gasteiger partial charge on any atom is -0.490 e. The van der Waals surface area contributed by atoms with Crippen molar-refractivity contribution in [3.63, 3.8) is 0 Å². The maximum absolute atomic E-state index is 12.4. The maximum Gasteiger partial charge on any atom is 0.329 e. The van der Waals surface area contributed by atoms with Crippen molar-refractivity contribution in [2.45, 2.75) is 19.4 Å². The van der Waals surface area contributed by atoms with Crippen LogP contribution in [0.15, 0.2) is 18.2 Å². The Kier molecular flexibility index (Phi) is 4.52. The van der Waals surface area contributed by atoms with Crippen LogP contribution >= 0.6 is 0 Å². The number of para-hydroxylation sites is 1. The number of benzene rings is 1. The van der Waals surface area contributed by atoms with Crippen molar-refractivity contribution >= 4 is 17.6 Å². The molecule has 114 valence electrons. The normalized spacial score (nSPS) is 10.9. The number of aliphatic carboxylic acids is 1. The van der Waals surface area contributed by atoms with E-state index in [-0.39, 0.29) is 17.0 Å². The highest BCUT2D eigenvalue weighted by molar-refractivity contribution is 6.00. The number of nitro benzene ring substituents is 1. The number of carbonyl (C=O) groups excluding carboxylic acids is 1. The number of nitro groups is 1. The molecule has 0 atom stereocenters. The van der Waals surface area contributed by atoms with E-state index in [2.05, 4.69) is 0 Å². The largest absolute Gasteiger partial charge is 0.490 e. The lowest BCUT2D eigenvalue weighted by Gasteiger charge is -2.31. The predicted octanol–water partition coefficient (Wildman–Crippen LogP) is 1.54. The lowest BCUT2D eigenvalue weighted by molar-refractivity contribution is -0.385. The number of ether oxygens (including phenoxy) is 1. The average molecular weight is 296 g/mol. The molecule has 0 aromatic heterocycles. The molecule has 1 rings (SSSR count). The van der Waals surface area contributed by atoms with E-state index in [1.54, 1.807) is 0 Å². The zero-order valence-electron chi connectivity index (χ0n) is 12.1. The van der Waals surface area contributed by atoms with Crippen LogP contribution in [0.25, 0.3) is 0 Å². The Morgan fingerprint density at radius 3 is 2.38 bits per heavy atom. The highest BCUT2D eigenvalue weighted by atomic mass is 16.6. The van der Waals surface area contributed by atoms with E-state index in [4.69, 9.17) is 9.84 Å². The first-order chi connectivity index (χ1) is 9.64. The number of rotatable bonds is 5. The smallest absolute Gasteiger partial charge is 0.329 e. The number of hydrogen-bond acceptors (Lipinski definition) is 5. The van der Waals surface area contributed by atoms with Crippen molar-refractivity contribution in [1.82, 2.24) is 4.90 Å². The Morgan fingerprint density at radius 1 is 1.38 bits per heavy atom. The molecule has 8 nitrogen and oxygen atoms in total. The summed E-state index contributed by atoms with van der Waals surface area (Å²) in [7, 11) is 2.52. The molecule has 0 spiro atoms. The van der Waals surface area contributed by atoms with Gasteiger partial charge in [-0.15, -0.1) is 0 Å². The molecule has 0 bridgehead atoms. The van der Waals surface area contributed by atoms with Crippen LogP contribution in [0.2, 0.25) is 0 Å². The van der Waals surface area contributed by atoms with Gasteiger partial charge in [-0.3, -0.25) is 14.9 Å². The minimum absolute atomic E-state index is 0.0662. The third-order valence-electron chi connectivity index (χ3n) is 3.29. The van der Waals surface area contributed by atoms with Crippen LogP contribution in [0, 0.1) is 10.1 Å². The number of carboxylic acids is 1. The van der Waals surface area contributed by atoms with Crippen LogP contribution in [0.5, 0.6) is 5.75 Å². The zero-order valence-corrected chi connectivity index (χ0v) is 12.1. The second-order valence-corrected chi connectivity index (χ2v) is 4.84. The molecule has 0 saturated carbocycles.